The molecule has 1 saturated heterocycles. The number of carbonyl (C=O) groups is 1. The van der Waals surface area contributed by atoms with E-state index in [1.807, 2.05) is 53.4 Å². The summed E-state index contributed by atoms with van der Waals surface area (Å²) in [6.45, 7) is 3.73. The highest BCUT2D eigenvalue weighted by molar-refractivity contribution is 5.76. The second-order valence-electron chi connectivity index (χ2n) is 7.85. The third kappa shape index (κ3) is 5.48. The Morgan fingerprint density at radius 2 is 1.56 bits per heavy atom. The molecule has 1 fully saturated rings. The van der Waals surface area contributed by atoms with Crippen LogP contribution in [0.4, 0.5) is 0 Å². The molecule has 0 saturated carbocycles. The molecule has 1 aliphatic rings. The van der Waals surface area contributed by atoms with Crippen LogP contribution in [0.3, 0.4) is 0 Å². The number of piperazine rings is 1. The van der Waals surface area contributed by atoms with Gasteiger partial charge in [0.1, 0.15) is 11.5 Å². The van der Waals surface area contributed by atoms with Crippen molar-refractivity contribution in [2.45, 2.75) is 19.4 Å². The minimum absolute atomic E-state index is 0.207. The quantitative estimate of drug-likeness (QED) is 0.538. The summed E-state index contributed by atoms with van der Waals surface area (Å²) in [4.78, 5) is 21.3. The fourth-order valence-corrected chi connectivity index (χ4v) is 3.82. The molecule has 0 unspecified atom stereocenters. The second-order valence-corrected chi connectivity index (χ2v) is 7.85. The van der Waals surface area contributed by atoms with E-state index in [0.717, 1.165) is 61.0 Å². The monoisotopic (exact) mass is 435 g/mol. The summed E-state index contributed by atoms with van der Waals surface area (Å²) in [5, 5.41) is 0. The molecular weight excluding hydrogens is 406 g/mol. The summed E-state index contributed by atoms with van der Waals surface area (Å²) in [5.41, 5.74) is 2.12. The number of aromatic nitrogens is 1. The molecule has 7 nitrogen and oxygen atoms in total. The number of ether oxygens (including phenoxy) is 2. The topological polar surface area (TPSA) is 68.0 Å². The SMILES string of the molecule is COc1ccc(CCC(=O)N2CCN(Cc3ncc(-c4ccc(OC)cc4)o3)CC2)cc1. The van der Waals surface area contributed by atoms with E-state index in [2.05, 4.69) is 9.88 Å². The number of benzene rings is 2. The molecule has 1 aliphatic heterocycles. The Morgan fingerprint density at radius 3 is 2.19 bits per heavy atom. The fraction of sp³-hybridized carbons (Fsp3) is 0.360. The first kappa shape index (κ1) is 21.9. The number of amides is 1. The summed E-state index contributed by atoms with van der Waals surface area (Å²) in [7, 11) is 3.30. The van der Waals surface area contributed by atoms with Crippen LogP contribution in [0, 0.1) is 0 Å². The van der Waals surface area contributed by atoms with Crippen LogP contribution in [0.15, 0.2) is 59.1 Å². The molecule has 0 aliphatic carbocycles. The van der Waals surface area contributed by atoms with E-state index in [9.17, 15) is 4.79 Å². The van der Waals surface area contributed by atoms with Crippen LogP contribution >= 0.6 is 0 Å². The Hall–Kier alpha value is -3.32. The molecule has 1 amide bonds. The van der Waals surface area contributed by atoms with Crippen molar-refractivity contribution in [3.05, 3.63) is 66.2 Å². The van der Waals surface area contributed by atoms with Crippen molar-refractivity contribution in [2.24, 2.45) is 0 Å². The molecule has 2 aromatic carbocycles. The van der Waals surface area contributed by atoms with Crippen molar-refractivity contribution < 1.29 is 18.7 Å². The van der Waals surface area contributed by atoms with Crippen molar-refractivity contribution in [3.8, 4) is 22.8 Å². The predicted octanol–water partition coefficient (Wildman–Crippen LogP) is 3.64. The van der Waals surface area contributed by atoms with E-state index in [4.69, 9.17) is 13.9 Å². The van der Waals surface area contributed by atoms with Gasteiger partial charge in [-0.25, -0.2) is 4.98 Å². The second kappa shape index (κ2) is 10.3. The zero-order valence-corrected chi connectivity index (χ0v) is 18.6. The number of methoxy groups -OCH3 is 2. The van der Waals surface area contributed by atoms with Gasteiger partial charge in [-0.15, -0.1) is 0 Å². The molecule has 7 heteroatoms. The highest BCUT2D eigenvalue weighted by Crippen LogP contribution is 2.23. The fourth-order valence-electron chi connectivity index (χ4n) is 3.82. The van der Waals surface area contributed by atoms with E-state index >= 15 is 0 Å². The third-order valence-corrected chi connectivity index (χ3v) is 5.80. The molecule has 0 spiro atoms. The van der Waals surface area contributed by atoms with E-state index < -0.39 is 0 Å². The van der Waals surface area contributed by atoms with Gasteiger partial charge < -0.3 is 18.8 Å². The lowest BCUT2D eigenvalue weighted by Gasteiger charge is -2.34. The maximum Gasteiger partial charge on any atom is 0.222 e. The summed E-state index contributed by atoms with van der Waals surface area (Å²) < 4.78 is 16.3. The van der Waals surface area contributed by atoms with Gasteiger partial charge in [0.05, 0.1) is 27.0 Å². The average molecular weight is 436 g/mol. The summed E-state index contributed by atoms with van der Waals surface area (Å²) in [6.07, 6.45) is 3.03. The van der Waals surface area contributed by atoms with Crippen molar-refractivity contribution in [3.63, 3.8) is 0 Å². The number of carbonyl (C=O) groups excluding carboxylic acids is 1. The van der Waals surface area contributed by atoms with Crippen molar-refractivity contribution in [1.82, 2.24) is 14.8 Å². The zero-order valence-electron chi connectivity index (χ0n) is 18.6. The van der Waals surface area contributed by atoms with Crippen molar-refractivity contribution in [2.75, 3.05) is 40.4 Å². The number of oxazole rings is 1. The van der Waals surface area contributed by atoms with Crippen molar-refractivity contribution >= 4 is 5.91 Å². The maximum atomic E-state index is 12.6. The number of nitrogens with zero attached hydrogens (tertiary/aromatic N) is 3. The molecular formula is C25H29N3O4. The van der Waals surface area contributed by atoms with Crippen LogP contribution in [0.25, 0.3) is 11.3 Å². The van der Waals surface area contributed by atoms with Crippen molar-refractivity contribution in [1.29, 1.82) is 0 Å². The van der Waals surface area contributed by atoms with Gasteiger partial charge in [-0.2, -0.15) is 0 Å². The van der Waals surface area contributed by atoms with Crippen LogP contribution in [0.1, 0.15) is 17.9 Å². The van der Waals surface area contributed by atoms with Gasteiger partial charge in [-0.3, -0.25) is 9.69 Å². The number of aryl methyl sites for hydroxylation is 1. The standard InChI is InChI=1S/C25H29N3O4/c1-30-21-8-3-19(4-9-21)5-12-25(29)28-15-13-27(14-16-28)18-24-26-17-23(32-24)20-6-10-22(31-2)11-7-20/h3-4,6-11,17H,5,12-16,18H2,1-2H3. The van der Waals surface area contributed by atoms with Gasteiger partial charge in [-0.1, -0.05) is 12.1 Å². The molecule has 2 heterocycles. The first-order valence-corrected chi connectivity index (χ1v) is 10.9. The lowest BCUT2D eigenvalue weighted by molar-refractivity contribution is -0.133. The maximum absolute atomic E-state index is 12.6. The number of rotatable bonds is 8. The molecule has 1 aromatic heterocycles. The normalized spacial score (nSPS) is 14.4. The van der Waals surface area contributed by atoms with Gasteiger partial charge in [0.25, 0.3) is 0 Å². The number of hydrogen-bond acceptors (Lipinski definition) is 6. The third-order valence-electron chi connectivity index (χ3n) is 5.80. The van der Waals surface area contributed by atoms with Crippen LogP contribution in [-0.4, -0.2) is 61.1 Å². The van der Waals surface area contributed by atoms with Gasteiger partial charge in [0.15, 0.2) is 5.76 Å². The lowest BCUT2D eigenvalue weighted by Crippen LogP contribution is -2.48. The van der Waals surface area contributed by atoms with Gasteiger partial charge >= 0.3 is 0 Å². The first-order valence-electron chi connectivity index (χ1n) is 10.9. The molecule has 3 aromatic rings. The lowest BCUT2D eigenvalue weighted by atomic mass is 10.1. The predicted molar refractivity (Wildman–Crippen MR) is 122 cm³/mol. The van der Waals surface area contributed by atoms with E-state index in [0.29, 0.717) is 18.9 Å². The Labute approximate surface area is 188 Å². The highest BCUT2D eigenvalue weighted by Gasteiger charge is 2.22. The van der Waals surface area contributed by atoms with E-state index in [-0.39, 0.29) is 5.91 Å². The molecule has 0 atom stereocenters. The van der Waals surface area contributed by atoms with Crippen LogP contribution in [0.5, 0.6) is 11.5 Å². The number of hydrogen-bond donors (Lipinski definition) is 0. The molecule has 0 N–H and O–H groups in total. The van der Waals surface area contributed by atoms with E-state index in [1.165, 1.54) is 0 Å². The summed E-state index contributed by atoms with van der Waals surface area (Å²) in [5.74, 6) is 3.28. The minimum Gasteiger partial charge on any atom is -0.497 e. The van der Waals surface area contributed by atoms with E-state index in [1.54, 1.807) is 20.4 Å². The Kier molecular flexibility index (Phi) is 7.07. The first-order chi connectivity index (χ1) is 15.6. The zero-order chi connectivity index (χ0) is 22.3. The average Bonchev–Trinajstić information content (AvgIpc) is 3.32. The Morgan fingerprint density at radius 1 is 0.938 bits per heavy atom. The summed E-state index contributed by atoms with van der Waals surface area (Å²) in [6, 6.07) is 15.6. The minimum atomic E-state index is 0.207. The molecule has 168 valence electrons. The Balaban J connectivity index is 1.23. The molecule has 4 rings (SSSR count). The van der Waals surface area contributed by atoms with Crippen LogP contribution in [0.2, 0.25) is 0 Å². The molecule has 0 bridgehead atoms. The molecule has 0 radical (unpaired) electrons. The summed E-state index contributed by atoms with van der Waals surface area (Å²) >= 11 is 0. The highest BCUT2D eigenvalue weighted by atomic mass is 16.5. The largest absolute Gasteiger partial charge is 0.497 e. The van der Waals surface area contributed by atoms with Gasteiger partial charge in [0, 0.05) is 38.2 Å². The van der Waals surface area contributed by atoms with Gasteiger partial charge in [0.2, 0.25) is 11.8 Å². The van der Waals surface area contributed by atoms with Gasteiger partial charge in [-0.05, 0) is 48.4 Å². The van der Waals surface area contributed by atoms with Crippen LogP contribution in [-0.2, 0) is 17.8 Å². The Bertz CT molecular complexity index is 1010. The van der Waals surface area contributed by atoms with Crippen LogP contribution < -0.4 is 9.47 Å². The molecule has 32 heavy (non-hydrogen) atoms. The smallest absolute Gasteiger partial charge is 0.222 e.